The zero-order chi connectivity index (χ0) is 28.4. The van der Waals surface area contributed by atoms with Crippen LogP contribution in [-0.2, 0) is 0 Å². The van der Waals surface area contributed by atoms with Crippen LogP contribution in [0.1, 0.15) is 78.4 Å². The molecule has 10 nitrogen and oxygen atoms in total. The van der Waals surface area contributed by atoms with Gasteiger partial charge in [-0.1, -0.05) is 38.1 Å². The lowest BCUT2D eigenvalue weighted by atomic mass is 9.96. The first-order valence-electron chi connectivity index (χ1n) is 13.2. The molecule has 1 saturated carbocycles. The van der Waals surface area contributed by atoms with Crippen LogP contribution in [0.2, 0.25) is 0 Å². The van der Waals surface area contributed by atoms with Gasteiger partial charge >= 0.3 is 0 Å². The summed E-state index contributed by atoms with van der Waals surface area (Å²) in [6, 6.07) is 15.4. The summed E-state index contributed by atoms with van der Waals surface area (Å²) in [6.07, 6.45) is 5.58. The fourth-order valence-electron chi connectivity index (χ4n) is 4.54. The number of nitriles is 2. The fraction of sp³-hybridized carbons (Fsp3) is 0.333. The van der Waals surface area contributed by atoms with Crippen molar-refractivity contribution in [3.05, 3.63) is 76.7 Å². The van der Waals surface area contributed by atoms with Crippen molar-refractivity contribution in [2.75, 3.05) is 24.2 Å². The maximum absolute atomic E-state index is 12.4. The molecule has 0 bridgehead atoms. The van der Waals surface area contributed by atoms with Crippen LogP contribution in [0.3, 0.4) is 0 Å². The Kier molecular flexibility index (Phi) is 7.10. The molecule has 0 radical (unpaired) electrons. The van der Waals surface area contributed by atoms with E-state index in [1.54, 1.807) is 19.2 Å². The second-order valence-electron chi connectivity index (χ2n) is 11.2. The number of pyridine rings is 1. The largest absolute Gasteiger partial charge is 0.383 e. The number of carbonyl (C=O) groups excluding carboxylic acids is 1. The third kappa shape index (κ3) is 5.57. The number of rotatable bonds is 8. The molecule has 2 aromatic heterocycles. The number of anilines is 2. The Labute approximate surface area is 233 Å². The van der Waals surface area contributed by atoms with Crippen LogP contribution in [0.25, 0.3) is 10.9 Å². The van der Waals surface area contributed by atoms with E-state index in [2.05, 4.69) is 64.2 Å². The summed E-state index contributed by atoms with van der Waals surface area (Å²) < 4.78 is 1.88. The highest BCUT2D eigenvalue weighted by atomic mass is 16.1. The van der Waals surface area contributed by atoms with Gasteiger partial charge in [-0.3, -0.25) is 9.78 Å². The predicted molar refractivity (Wildman–Crippen MR) is 153 cm³/mol. The number of benzene rings is 2. The van der Waals surface area contributed by atoms with Gasteiger partial charge in [0.1, 0.15) is 17.8 Å². The quantitative estimate of drug-likeness (QED) is 0.289. The van der Waals surface area contributed by atoms with Crippen molar-refractivity contribution in [1.82, 2.24) is 25.3 Å². The Morgan fingerprint density at radius 3 is 2.60 bits per heavy atom. The van der Waals surface area contributed by atoms with Gasteiger partial charge < -0.3 is 16.0 Å². The first-order chi connectivity index (χ1) is 19.2. The third-order valence-electron chi connectivity index (χ3n) is 6.77. The number of nitrogens with one attached hydrogen (secondary N) is 3. The molecule has 0 aliphatic heterocycles. The highest BCUT2D eigenvalue weighted by Gasteiger charge is 2.27. The molecule has 10 heteroatoms. The van der Waals surface area contributed by atoms with E-state index in [-0.39, 0.29) is 11.3 Å². The number of hydrogen-bond donors (Lipinski definition) is 3. The smallest absolute Gasteiger partial charge is 0.251 e. The number of aromatic nitrogens is 4. The van der Waals surface area contributed by atoms with E-state index in [9.17, 15) is 15.3 Å². The molecule has 1 aliphatic rings. The van der Waals surface area contributed by atoms with Crippen molar-refractivity contribution in [3.63, 3.8) is 0 Å². The lowest BCUT2D eigenvalue weighted by Gasteiger charge is -2.22. The highest BCUT2D eigenvalue weighted by molar-refractivity contribution is 5.99. The Hall–Kier alpha value is -4.96. The maximum Gasteiger partial charge on any atom is 0.251 e. The lowest BCUT2D eigenvalue weighted by molar-refractivity contribution is 0.0963. The molecule has 0 spiro atoms. The normalized spacial score (nSPS) is 13.8. The first-order valence-corrected chi connectivity index (χ1v) is 13.2. The molecular formula is C30H31N9O. The minimum Gasteiger partial charge on any atom is -0.383 e. The molecule has 202 valence electrons. The summed E-state index contributed by atoms with van der Waals surface area (Å²) in [5.41, 5.74) is 4.58. The van der Waals surface area contributed by atoms with E-state index < -0.39 is 6.04 Å². The first kappa shape index (κ1) is 26.6. The second kappa shape index (κ2) is 10.7. The van der Waals surface area contributed by atoms with E-state index in [1.165, 1.54) is 6.20 Å². The summed E-state index contributed by atoms with van der Waals surface area (Å²) in [5.74, 6) is -0.190. The van der Waals surface area contributed by atoms with Gasteiger partial charge in [0, 0.05) is 36.4 Å². The average Bonchev–Trinajstić information content (AvgIpc) is 3.69. The average molecular weight is 534 g/mol. The molecule has 1 amide bonds. The van der Waals surface area contributed by atoms with Gasteiger partial charge in [0.15, 0.2) is 0 Å². The van der Waals surface area contributed by atoms with E-state index in [4.69, 9.17) is 0 Å². The zero-order valence-corrected chi connectivity index (χ0v) is 23.0. The van der Waals surface area contributed by atoms with Crippen LogP contribution >= 0.6 is 0 Å². The SMILES string of the molecule is CNC(=O)c1cccc([C@H](Nc2cc(C#N)c3ncc(C#N)c(NCC(C)(C)C)c3c2)c2cn(C3CC3)nn2)c1. The van der Waals surface area contributed by atoms with Crippen LogP contribution < -0.4 is 16.0 Å². The van der Waals surface area contributed by atoms with E-state index in [0.29, 0.717) is 57.2 Å². The zero-order valence-electron chi connectivity index (χ0n) is 23.0. The van der Waals surface area contributed by atoms with Crippen molar-refractivity contribution in [2.24, 2.45) is 5.41 Å². The van der Waals surface area contributed by atoms with Gasteiger partial charge in [0.05, 0.1) is 40.6 Å². The molecule has 4 aromatic rings. The topological polar surface area (TPSA) is 144 Å². The van der Waals surface area contributed by atoms with Crippen LogP contribution in [0.5, 0.6) is 0 Å². The number of amides is 1. The summed E-state index contributed by atoms with van der Waals surface area (Å²) in [5, 5.41) is 39.0. The molecule has 40 heavy (non-hydrogen) atoms. The molecule has 1 atom stereocenters. The van der Waals surface area contributed by atoms with E-state index >= 15 is 0 Å². The Morgan fingerprint density at radius 2 is 1.93 bits per heavy atom. The summed E-state index contributed by atoms with van der Waals surface area (Å²) >= 11 is 0. The van der Waals surface area contributed by atoms with Gasteiger partial charge in [-0.2, -0.15) is 10.5 Å². The Morgan fingerprint density at radius 1 is 1.15 bits per heavy atom. The standard InChI is InChI=1S/C30H31N9O/c1-30(2,3)17-35-27-21(14-32)15-34-26-20(13-31)11-22(12-24(26)27)36-28(25-16-39(38-37-25)23-8-9-23)18-6-5-7-19(10-18)29(40)33-4/h5-7,10-12,15-16,23,28,36H,8-9,17H2,1-4H3,(H,33,40)(H,34,35)/t28-/m0/s1. The van der Waals surface area contributed by atoms with Crippen LogP contribution in [-0.4, -0.2) is 39.5 Å². The number of fused-ring (bicyclic) bond motifs is 1. The molecule has 2 aromatic carbocycles. The molecule has 0 unspecified atom stereocenters. The van der Waals surface area contributed by atoms with Crippen molar-refractivity contribution < 1.29 is 4.79 Å². The van der Waals surface area contributed by atoms with Gasteiger partial charge in [0.25, 0.3) is 5.91 Å². The number of nitrogens with zero attached hydrogens (tertiary/aromatic N) is 6. The number of carbonyl (C=O) groups is 1. The molecule has 3 N–H and O–H groups in total. The summed E-state index contributed by atoms with van der Waals surface area (Å²) in [6.45, 7) is 6.94. The van der Waals surface area contributed by atoms with Crippen molar-refractivity contribution in [2.45, 2.75) is 45.7 Å². The van der Waals surface area contributed by atoms with Crippen LogP contribution in [0, 0.1) is 28.1 Å². The third-order valence-corrected chi connectivity index (χ3v) is 6.77. The van der Waals surface area contributed by atoms with Crippen LogP contribution in [0.4, 0.5) is 11.4 Å². The second-order valence-corrected chi connectivity index (χ2v) is 11.2. The minimum atomic E-state index is -0.459. The Bertz CT molecular complexity index is 1670. The Balaban J connectivity index is 1.62. The van der Waals surface area contributed by atoms with Crippen molar-refractivity contribution in [3.8, 4) is 12.1 Å². The molecule has 1 aliphatic carbocycles. The van der Waals surface area contributed by atoms with Crippen molar-refractivity contribution >= 4 is 28.2 Å². The fourth-order valence-corrected chi connectivity index (χ4v) is 4.54. The van der Waals surface area contributed by atoms with Gasteiger partial charge in [-0.05, 0) is 48.1 Å². The van der Waals surface area contributed by atoms with Crippen molar-refractivity contribution in [1.29, 1.82) is 10.5 Å². The van der Waals surface area contributed by atoms with Crippen LogP contribution in [0.15, 0.2) is 48.8 Å². The molecular weight excluding hydrogens is 502 g/mol. The van der Waals surface area contributed by atoms with Gasteiger partial charge in [0.2, 0.25) is 0 Å². The number of hydrogen-bond acceptors (Lipinski definition) is 8. The summed E-state index contributed by atoms with van der Waals surface area (Å²) in [7, 11) is 1.60. The molecule has 2 heterocycles. The predicted octanol–water partition coefficient (Wildman–Crippen LogP) is 4.92. The highest BCUT2D eigenvalue weighted by Crippen LogP contribution is 2.36. The summed E-state index contributed by atoms with van der Waals surface area (Å²) in [4.78, 5) is 16.9. The van der Waals surface area contributed by atoms with E-state index in [0.717, 1.165) is 18.4 Å². The minimum absolute atomic E-state index is 0.0372. The lowest BCUT2D eigenvalue weighted by Crippen LogP contribution is -2.20. The molecule has 5 rings (SSSR count). The van der Waals surface area contributed by atoms with E-state index in [1.807, 2.05) is 35.1 Å². The molecule has 1 fully saturated rings. The van der Waals surface area contributed by atoms with Gasteiger partial charge in [-0.25, -0.2) is 4.68 Å². The van der Waals surface area contributed by atoms with Gasteiger partial charge in [-0.15, -0.1) is 5.10 Å². The molecule has 0 saturated heterocycles. The monoisotopic (exact) mass is 533 g/mol. The maximum atomic E-state index is 12.4.